The van der Waals surface area contributed by atoms with E-state index < -0.39 is 11.7 Å². The molecular weight excluding hydrogens is 423 g/mol. The lowest BCUT2D eigenvalue weighted by Crippen LogP contribution is -2.45. The van der Waals surface area contributed by atoms with Gasteiger partial charge >= 0.3 is 6.18 Å². The highest BCUT2D eigenvalue weighted by molar-refractivity contribution is 5.85. The smallest absolute Gasteiger partial charge is 0.379 e. The maximum absolute atomic E-state index is 12.9. The number of benzene rings is 2. The van der Waals surface area contributed by atoms with E-state index in [1.165, 1.54) is 12.1 Å². The first-order valence-electron chi connectivity index (χ1n) is 10.4. The maximum Gasteiger partial charge on any atom is 0.416 e. The van der Waals surface area contributed by atoms with Crippen molar-refractivity contribution in [2.75, 3.05) is 39.4 Å². The van der Waals surface area contributed by atoms with Crippen molar-refractivity contribution in [1.82, 2.24) is 15.5 Å². The number of rotatable bonds is 8. The number of nitrogens with one attached hydrogen (secondary N) is 2. The van der Waals surface area contributed by atoms with Gasteiger partial charge in [-0.2, -0.15) is 13.2 Å². The Morgan fingerprint density at radius 2 is 1.59 bits per heavy atom. The lowest BCUT2D eigenvalue weighted by molar-refractivity contribution is -0.137. The highest BCUT2D eigenvalue weighted by Crippen LogP contribution is 2.31. The van der Waals surface area contributed by atoms with Crippen LogP contribution < -0.4 is 10.6 Å². The van der Waals surface area contributed by atoms with Crippen molar-refractivity contribution in [3.05, 3.63) is 71.3 Å². The molecule has 172 valence electrons. The minimum Gasteiger partial charge on any atom is -0.379 e. The van der Waals surface area contributed by atoms with Gasteiger partial charge in [0.05, 0.1) is 37.8 Å². The molecule has 1 aliphatic rings. The van der Waals surface area contributed by atoms with Crippen LogP contribution in [0.2, 0.25) is 0 Å². The Morgan fingerprint density at radius 3 is 2.22 bits per heavy atom. The van der Waals surface area contributed by atoms with Gasteiger partial charge < -0.3 is 15.4 Å². The van der Waals surface area contributed by atoms with Crippen LogP contribution in [-0.4, -0.2) is 56.1 Å². The van der Waals surface area contributed by atoms with E-state index in [1.54, 1.807) is 0 Å². The second kappa shape index (κ2) is 11.1. The first-order valence-corrected chi connectivity index (χ1v) is 10.4. The topological polar surface area (TPSA) is 70.7 Å². The summed E-state index contributed by atoms with van der Waals surface area (Å²) in [5.41, 5.74) is 0.806. The zero-order valence-corrected chi connectivity index (χ0v) is 17.5. The number of hydrogen-bond acceptors (Lipinski definition) is 4. The SMILES string of the molecule is O=C(CNC(=O)Cc1ccccc1)NCC(c1ccc(C(F)(F)F)cc1)N1CCOCC1. The average Bonchev–Trinajstić information content (AvgIpc) is 2.79. The average molecular weight is 449 g/mol. The van der Waals surface area contributed by atoms with Crippen LogP contribution in [0.15, 0.2) is 54.6 Å². The molecule has 0 aliphatic carbocycles. The van der Waals surface area contributed by atoms with E-state index in [0.717, 1.165) is 17.7 Å². The number of carbonyl (C=O) groups excluding carboxylic acids is 2. The number of hydrogen-bond donors (Lipinski definition) is 2. The summed E-state index contributed by atoms with van der Waals surface area (Å²) in [6.45, 7) is 2.28. The fraction of sp³-hybridized carbons (Fsp3) is 0.391. The highest BCUT2D eigenvalue weighted by atomic mass is 19.4. The summed E-state index contributed by atoms with van der Waals surface area (Å²) in [7, 11) is 0. The van der Waals surface area contributed by atoms with Crippen LogP contribution in [0.5, 0.6) is 0 Å². The molecule has 3 rings (SSSR count). The van der Waals surface area contributed by atoms with Gasteiger partial charge in [-0.05, 0) is 23.3 Å². The Bertz CT molecular complexity index is 883. The Morgan fingerprint density at radius 1 is 0.938 bits per heavy atom. The van der Waals surface area contributed by atoms with Crippen molar-refractivity contribution in [2.24, 2.45) is 0 Å². The van der Waals surface area contributed by atoms with Crippen LogP contribution in [-0.2, 0) is 26.9 Å². The minimum atomic E-state index is -4.40. The Hall–Kier alpha value is -2.91. The number of amides is 2. The summed E-state index contributed by atoms with van der Waals surface area (Å²) < 4.78 is 44.1. The number of halogens is 3. The van der Waals surface area contributed by atoms with Crippen molar-refractivity contribution in [3.63, 3.8) is 0 Å². The van der Waals surface area contributed by atoms with Gasteiger partial charge in [-0.25, -0.2) is 0 Å². The Kier molecular flexibility index (Phi) is 8.24. The van der Waals surface area contributed by atoms with Crippen molar-refractivity contribution >= 4 is 11.8 Å². The van der Waals surface area contributed by atoms with E-state index in [9.17, 15) is 22.8 Å². The van der Waals surface area contributed by atoms with E-state index in [0.29, 0.717) is 31.9 Å². The van der Waals surface area contributed by atoms with Crippen LogP contribution in [0.1, 0.15) is 22.7 Å². The molecule has 1 aliphatic heterocycles. The van der Waals surface area contributed by atoms with Crippen LogP contribution >= 0.6 is 0 Å². The van der Waals surface area contributed by atoms with Crippen molar-refractivity contribution in [2.45, 2.75) is 18.6 Å². The van der Waals surface area contributed by atoms with Gasteiger partial charge in [0.1, 0.15) is 0 Å². The minimum absolute atomic E-state index is 0.172. The standard InChI is InChI=1S/C23H26F3N3O3/c24-23(25,26)19-8-6-18(7-9-19)20(29-10-12-32-13-11-29)15-27-22(31)16-28-21(30)14-17-4-2-1-3-5-17/h1-9,20H,10-16H2,(H,27,31)(H,28,30). The van der Waals surface area contributed by atoms with Gasteiger partial charge in [-0.1, -0.05) is 42.5 Å². The van der Waals surface area contributed by atoms with Gasteiger partial charge in [-0.15, -0.1) is 0 Å². The van der Waals surface area contributed by atoms with E-state index in [2.05, 4.69) is 15.5 Å². The molecule has 6 nitrogen and oxygen atoms in total. The highest BCUT2D eigenvalue weighted by Gasteiger charge is 2.31. The maximum atomic E-state index is 12.9. The van der Waals surface area contributed by atoms with Crippen LogP contribution in [0.25, 0.3) is 0 Å². The van der Waals surface area contributed by atoms with E-state index >= 15 is 0 Å². The molecule has 1 heterocycles. The molecular formula is C23H26F3N3O3. The summed E-state index contributed by atoms with van der Waals surface area (Å²) in [6, 6.07) is 13.9. The molecule has 2 N–H and O–H groups in total. The number of morpholine rings is 1. The normalized spacial score (nSPS) is 15.7. The summed E-state index contributed by atoms with van der Waals surface area (Å²) >= 11 is 0. The molecule has 0 bridgehead atoms. The third-order valence-corrected chi connectivity index (χ3v) is 5.26. The van der Waals surface area contributed by atoms with Gasteiger partial charge in [-0.3, -0.25) is 14.5 Å². The molecule has 2 aromatic rings. The van der Waals surface area contributed by atoms with Gasteiger partial charge in [0, 0.05) is 19.6 Å². The third-order valence-electron chi connectivity index (χ3n) is 5.26. The van der Waals surface area contributed by atoms with Crippen LogP contribution in [0.3, 0.4) is 0 Å². The second-order valence-corrected chi connectivity index (χ2v) is 7.53. The van der Waals surface area contributed by atoms with Crippen LogP contribution in [0, 0.1) is 0 Å². The Labute approximate surface area is 184 Å². The van der Waals surface area contributed by atoms with E-state index in [1.807, 2.05) is 30.3 Å². The number of carbonyl (C=O) groups is 2. The molecule has 0 aromatic heterocycles. The number of alkyl halides is 3. The molecule has 1 atom stereocenters. The summed E-state index contributed by atoms with van der Waals surface area (Å²) in [4.78, 5) is 26.4. The summed E-state index contributed by atoms with van der Waals surface area (Å²) in [5.74, 6) is -0.629. The zero-order chi connectivity index (χ0) is 23.0. The van der Waals surface area contributed by atoms with Crippen molar-refractivity contribution in [3.8, 4) is 0 Å². The molecule has 0 saturated carbocycles. The van der Waals surface area contributed by atoms with Gasteiger partial charge in [0.25, 0.3) is 0 Å². The van der Waals surface area contributed by atoms with Crippen molar-refractivity contribution < 1.29 is 27.5 Å². The van der Waals surface area contributed by atoms with Gasteiger partial charge in [0.2, 0.25) is 11.8 Å². The molecule has 0 spiro atoms. The predicted molar refractivity (Wildman–Crippen MR) is 113 cm³/mol. The lowest BCUT2D eigenvalue weighted by Gasteiger charge is -2.35. The second-order valence-electron chi connectivity index (χ2n) is 7.53. The molecule has 2 aromatic carbocycles. The zero-order valence-electron chi connectivity index (χ0n) is 17.5. The number of ether oxygens (including phenoxy) is 1. The quantitative estimate of drug-likeness (QED) is 0.650. The third kappa shape index (κ3) is 7.06. The largest absolute Gasteiger partial charge is 0.416 e. The molecule has 1 fully saturated rings. The first-order chi connectivity index (χ1) is 15.3. The van der Waals surface area contributed by atoms with E-state index in [-0.39, 0.29) is 37.4 Å². The molecule has 1 saturated heterocycles. The van der Waals surface area contributed by atoms with E-state index in [4.69, 9.17) is 4.74 Å². The Balaban J connectivity index is 1.56. The first kappa shape index (κ1) is 23.7. The molecule has 9 heteroatoms. The van der Waals surface area contributed by atoms with Gasteiger partial charge in [0.15, 0.2) is 0 Å². The number of nitrogens with zero attached hydrogens (tertiary/aromatic N) is 1. The fourth-order valence-corrected chi connectivity index (χ4v) is 3.54. The fourth-order valence-electron chi connectivity index (χ4n) is 3.54. The monoisotopic (exact) mass is 449 g/mol. The summed E-state index contributed by atoms with van der Waals surface area (Å²) in [6.07, 6.45) is -4.23. The van der Waals surface area contributed by atoms with Crippen LogP contribution in [0.4, 0.5) is 13.2 Å². The molecule has 32 heavy (non-hydrogen) atoms. The van der Waals surface area contributed by atoms with Crippen molar-refractivity contribution in [1.29, 1.82) is 0 Å². The molecule has 1 unspecified atom stereocenters. The molecule has 2 amide bonds. The predicted octanol–water partition coefficient (Wildman–Crippen LogP) is 2.55. The lowest BCUT2D eigenvalue weighted by atomic mass is 10.0. The summed E-state index contributed by atoms with van der Waals surface area (Å²) in [5, 5.41) is 5.37. The molecule has 0 radical (unpaired) electrons.